The minimum atomic E-state index is -3.98. The Hall–Kier alpha value is -2.42. The molecule has 0 radical (unpaired) electrons. The zero-order valence-electron chi connectivity index (χ0n) is 20.7. The maximum atomic E-state index is 13.7. The first-order chi connectivity index (χ1) is 17.3. The van der Waals surface area contributed by atoms with Gasteiger partial charge in [0.05, 0.1) is 4.90 Å². The van der Waals surface area contributed by atoms with Crippen molar-refractivity contribution in [3.05, 3.63) is 64.7 Å². The lowest BCUT2D eigenvalue weighted by Gasteiger charge is -2.31. The fraction of sp³-hybridized carbons (Fsp3) is 0.481. The second kappa shape index (κ2) is 11.8. The van der Waals surface area contributed by atoms with Gasteiger partial charge in [-0.05, 0) is 74.1 Å². The first kappa shape index (κ1) is 26.6. The second-order valence-electron chi connectivity index (χ2n) is 9.71. The highest BCUT2D eigenvalue weighted by Gasteiger charge is 2.36. The van der Waals surface area contributed by atoms with E-state index in [1.54, 1.807) is 24.3 Å². The van der Waals surface area contributed by atoms with Crippen LogP contribution >= 0.6 is 11.6 Å². The lowest BCUT2D eigenvalue weighted by Crippen LogP contribution is -2.48. The number of halogens is 1. The highest BCUT2D eigenvalue weighted by molar-refractivity contribution is 7.89. The lowest BCUT2D eigenvalue weighted by atomic mass is 9.94. The van der Waals surface area contributed by atoms with Crippen molar-refractivity contribution in [2.45, 2.75) is 74.9 Å². The zero-order valence-corrected chi connectivity index (χ0v) is 22.2. The third kappa shape index (κ3) is 6.10. The molecule has 2 aromatic rings. The summed E-state index contributed by atoms with van der Waals surface area (Å²) in [6.07, 6.45) is 7.58. The van der Waals surface area contributed by atoms with E-state index in [1.165, 1.54) is 35.0 Å². The summed E-state index contributed by atoms with van der Waals surface area (Å²) in [7, 11) is -2.12. The smallest absolute Gasteiger partial charge is 0.253 e. The summed E-state index contributed by atoms with van der Waals surface area (Å²) in [6, 6.07) is 12.5. The number of nitrogens with zero attached hydrogens (tertiary/aromatic N) is 2. The predicted molar refractivity (Wildman–Crippen MR) is 140 cm³/mol. The van der Waals surface area contributed by atoms with Crippen molar-refractivity contribution >= 4 is 33.4 Å². The van der Waals surface area contributed by atoms with Gasteiger partial charge in [0.25, 0.3) is 5.91 Å². The molecule has 1 aliphatic carbocycles. The van der Waals surface area contributed by atoms with Crippen molar-refractivity contribution in [1.82, 2.24) is 14.5 Å². The van der Waals surface area contributed by atoms with Crippen LogP contribution < -0.4 is 5.32 Å². The summed E-state index contributed by atoms with van der Waals surface area (Å²) in [6.45, 7) is 0.561. The SMILES string of the molecule is CN(C(=O)c1ccc(CN([C@@H]2CCCCNC2=O)S(=O)(=O)c2ccc(Cl)cc2)cc1)C1CCCCC1. The maximum Gasteiger partial charge on any atom is 0.253 e. The molecule has 2 aliphatic rings. The molecule has 4 rings (SSSR count). The highest BCUT2D eigenvalue weighted by atomic mass is 35.5. The largest absolute Gasteiger partial charge is 0.355 e. The molecule has 1 aliphatic heterocycles. The van der Waals surface area contributed by atoms with E-state index in [0.29, 0.717) is 29.1 Å². The summed E-state index contributed by atoms with van der Waals surface area (Å²) in [5, 5.41) is 3.28. The molecule has 0 aromatic heterocycles. The quantitative estimate of drug-likeness (QED) is 0.565. The number of amides is 2. The van der Waals surface area contributed by atoms with Gasteiger partial charge in [0.15, 0.2) is 0 Å². The van der Waals surface area contributed by atoms with Crippen molar-refractivity contribution in [2.75, 3.05) is 13.6 Å². The third-order valence-electron chi connectivity index (χ3n) is 7.26. The van der Waals surface area contributed by atoms with Gasteiger partial charge in [-0.3, -0.25) is 9.59 Å². The molecule has 1 saturated heterocycles. The van der Waals surface area contributed by atoms with E-state index in [9.17, 15) is 18.0 Å². The Morgan fingerprint density at radius 1 is 0.944 bits per heavy atom. The minimum Gasteiger partial charge on any atom is -0.355 e. The van der Waals surface area contributed by atoms with Gasteiger partial charge >= 0.3 is 0 Å². The first-order valence-electron chi connectivity index (χ1n) is 12.7. The second-order valence-corrected chi connectivity index (χ2v) is 12.0. The van der Waals surface area contributed by atoms with Gasteiger partial charge in [-0.25, -0.2) is 8.42 Å². The van der Waals surface area contributed by atoms with Crippen molar-refractivity contribution in [3.63, 3.8) is 0 Å². The van der Waals surface area contributed by atoms with Gasteiger partial charge in [-0.2, -0.15) is 4.31 Å². The van der Waals surface area contributed by atoms with Crippen LogP contribution in [0.2, 0.25) is 5.02 Å². The number of hydrogen-bond acceptors (Lipinski definition) is 4. The Bertz CT molecular complexity index is 1160. The lowest BCUT2D eigenvalue weighted by molar-refractivity contribution is -0.124. The van der Waals surface area contributed by atoms with Crippen LogP contribution in [0.25, 0.3) is 0 Å². The van der Waals surface area contributed by atoms with E-state index in [4.69, 9.17) is 11.6 Å². The fourth-order valence-electron chi connectivity index (χ4n) is 5.07. The Kier molecular flexibility index (Phi) is 8.70. The standard InChI is InChI=1S/C27H34ClN3O4S/c1-30(23-7-3-2-4-8-23)27(33)21-12-10-20(11-13-21)19-31(25-9-5-6-18-29-26(25)32)36(34,35)24-16-14-22(28)15-17-24/h10-17,23,25H,2-9,18-19H2,1H3,(H,29,32)/t25-/m1/s1. The van der Waals surface area contributed by atoms with Crippen molar-refractivity contribution < 1.29 is 18.0 Å². The molecule has 9 heteroatoms. The Morgan fingerprint density at radius 2 is 1.58 bits per heavy atom. The number of benzene rings is 2. The monoisotopic (exact) mass is 531 g/mol. The first-order valence-corrected chi connectivity index (χ1v) is 14.5. The van der Waals surface area contributed by atoms with Crippen LogP contribution in [-0.2, 0) is 21.4 Å². The Morgan fingerprint density at radius 3 is 2.25 bits per heavy atom. The van der Waals surface area contributed by atoms with E-state index >= 15 is 0 Å². The Labute approximate surface area is 218 Å². The van der Waals surface area contributed by atoms with Crippen molar-refractivity contribution in [1.29, 1.82) is 0 Å². The molecule has 2 fully saturated rings. The van der Waals surface area contributed by atoms with E-state index < -0.39 is 16.1 Å². The summed E-state index contributed by atoms with van der Waals surface area (Å²) in [5.74, 6) is -0.312. The average molecular weight is 532 g/mol. The molecular formula is C27H34ClN3O4S. The number of carbonyl (C=O) groups is 2. The molecule has 0 spiro atoms. The van der Waals surface area contributed by atoms with E-state index in [-0.39, 0.29) is 29.3 Å². The van der Waals surface area contributed by atoms with Gasteiger partial charge < -0.3 is 10.2 Å². The van der Waals surface area contributed by atoms with Crippen LogP contribution in [0.5, 0.6) is 0 Å². The van der Waals surface area contributed by atoms with E-state index in [2.05, 4.69) is 5.32 Å². The third-order valence-corrected chi connectivity index (χ3v) is 9.38. The fourth-order valence-corrected chi connectivity index (χ4v) is 6.81. The van der Waals surface area contributed by atoms with Crippen molar-refractivity contribution in [2.24, 2.45) is 0 Å². The topological polar surface area (TPSA) is 86.8 Å². The molecule has 0 unspecified atom stereocenters. The highest BCUT2D eigenvalue weighted by Crippen LogP contribution is 2.27. The predicted octanol–water partition coefficient (Wildman–Crippen LogP) is 4.60. The molecule has 2 amide bonds. The molecule has 1 heterocycles. The molecule has 194 valence electrons. The van der Waals surface area contributed by atoms with Gasteiger partial charge in [-0.1, -0.05) is 43.0 Å². The molecule has 1 saturated carbocycles. The van der Waals surface area contributed by atoms with Crippen molar-refractivity contribution in [3.8, 4) is 0 Å². The molecule has 1 atom stereocenters. The van der Waals surface area contributed by atoms with Crippen LogP contribution in [0.15, 0.2) is 53.4 Å². The van der Waals surface area contributed by atoms with Gasteiger partial charge in [0, 0.05) is 36.8 Å². The summed E-state index contributed by atoms with van der Waals surface area (Å²) in [4.78, 5) is 27.8. The minimum absolute atomic E-state index is 0.0238. The number of hydrogen-bond donors (Lipinski definition) is 1. The molecule has 1 N–H and O–H groups in total. The Balaban J connectivity index is 1.58. The summed E-state index contributed by atoms with van der Waals surface area (Å²) >= 11 is 5.97. The molecular weight excluding hydrogens is 498 g/mol. The number of nitrogens with one attached hydrogen (secondary N) is 1. The van der Waals surface area contributed by atoms with E-state index in [1.807, 2.05) is 11.9 Å². The average Bonchev–Trinajstić information content (AvgIpc) is 3.11. The van der Waals surface area contributed by atoms with Crippen LogP contribution in [0.3, 0.4) is 0 Å². The maximum absolute atomic E-state index is 13.7. The summed E-state index contributed by atoms with van der Waals surface area (Å²) in [5.41, 5.74) is 1.28. The molecule has 7 nitrogen and oxygen atoms in total. The van der Waals surface area contributed by atoms with Crippen LogP contribution in [-0.4, -0.2) is 55.1 Å². The van der Waals surface area contributed by atoms with Crippen LogP contribution in [0.1, 0.15) is 67.3 Å². The zero-order chi connectivity index (χ0) is 25.7. The molecule has 36 heavy (non-hydrogen) atoms. The van der Waals surface area contributed by atoms with Crippen LogP contribution in [0, 0.1) is 0 Å². The van der Waals surface area contributed by atoms with Crippen LogP contribution in [0.4, 0.5) is 0 Å². The number of rotatable bonds is 7. The van der Waals surface area contributed by atoms with Gasteiger partial charge in [0.1, 0.15) is 6.04 Å². The van der Waals surface area contributed by atoms with Gasteiger partial charge in [0.2, 0.25) is 15.9 Å². The molecule has 0 bridgehead atoms. The normalized spacial score (nSPS) is 19.5. The molecule has 2 aromatic carbocycles. The van der Waals surface area contributed by atoms with Gasteiger partial charge in [-0.15, -0.1) is 0 Å². The summed E-state index contributed by atoms with van der Waals surface area (Å²) < 4.78 is 28.7. The number of sulfonamides is 1. The number of carbonyl (C=O) groups excluding carboxylic acids is 2. The van der Waals surface area contributed by atoms with E-state index in [0.717, 1.165) is 38.5 Å².